The van der Waals surface area contributed by atoms with Gasteiger partial charge < -0.3 is 9.47 Å². The third kappa shape index (κ3) is 3.49. The van der Waals surface area contributed by atoms with Crippen LogP contribution in [0.3, 0.4) is 0 Å². The lowest BCUT2D eigenvalue weighted by molar-refractivity contribution is -0.164. The minimum Gasteiger partial charge on any atom is -0.465 e. The Labute approximate surface area is 174 Å². The number of esters is 2. The van der Waals surface area contributed by atoms with Gasteiger partial charge in [0.1, 0.15) is 11.1 Å². The molecule has 6 nitrogen and oxygen atoms in total. The first kappa shape index (κ1) is 22.0. The van der Waals surface area contributed by atoms with E-state index in [-0.39, 0.29) is 18.1 Å². The zero-order chi connectivity index (χ0) is 22.1. The lowest BCUT2D eigenvalue weighted by Gasteiger charge is -2.15. The van der Waals surface area contributed by atoms with E-state index in [1.165, 1.54) is 24.3 Å². The summed E-state index contributed by atoms with van der Waals surface area (Å²) in [5, 5.41) is -1.42. The molecule has 0 aromatic heterocycles. The van der Waals surface area contributed by atoms with Crippen LogP contribution in [0.2, 0.25) is 0 Å². The van der Waals surface area contributed by atoms with Crippen molar-refractivity contribution in [3.63, 3.8) is 0 Å². The molecule has 0 aliphatic heterocycles. The monoisotopic (exact) mass is 434 g/mol. The summed E-state index contributed by atoms with van der Waals surface area (Å²) < 4.78 is 50.7. The summed E-state index contributed by atoms with van der Waals surface area (Å²) in [6.07, 6.45) is 0. The van der Waals surface area contributed by atoms with Gasteiger partial charge in [0.2, 0.25) is 0 Å². The van der Waals surface area contributed by atoms with Gasteiger partial charge in [0, 0.05) is 5.92 Å². The van der Waals surface area contributed by atoms with Crippen LogP contribution in [-0.2, 0) is 28.9 Å². The van der Waals surface area contributed by atoms with Crippen LogP contribution in [0, 0.1) is 18.2 Å². The molecule has 1 aliphatic rings. The minimum absolute atomic E-state index is 0.0133. The molecule has 8 heteroatoms. The molecule has 0 radical (unpaired) electrons. The molecule has 0 bridgehead atoms. The molecule has 3 rings (SSSR count). The van der Waals surface area contributed by atoms with Crippen LogP contribution in [0.15, 0.2) is 53.4 Å². The Morgan fingerprint density at radius 2 is 1.43 bits per heavy atom. The zero-order valence-electron chi connectivity index (χ0n) is 16.9. The van der Waals surface area contributed by atoms with Crippen molar-refractivity contribution in [2.45, 2.75) is 36.8 Å². The summed E-state index contributed by atoms with van der Waals surface area (Å²) >= 11 is 0. The molecule has 30 heavy (non-hydrogen) atoms. The van der Waals surface area contributed by atoms with E-state index in [0.29, 0.717) is 5.56 Å². The van der Waals surface area contributed by atoms with Crippen molar-refractivity contribution in [3.05, 3.63) is 65.5 Å². The van der Waals surface area contributed by atoms with Crippen molar-refractivity contribution in [3.8, 4) is 0 Å². The first-order valence-corrected chi connectivity index (χ1v) is 11.2. The number of carbonyl (C=O) groups is 2. The van der Waals surface area contributed by atoms with E-state index in [9.17, 15) is 22.4 Å². The Morgan fingerprint density at radius 3 is 1.90 bits per heavy atom. The highest BCUT2D eigenvalue weighted by atomic mass is 32.2. The lowest BCUT2D eigenvalue weighted by Crippen LogP contribution is -2.35. The van der Waals surface area contributed by atoms with Gasteiger partial charge in [-0.2, -0.15) is 0 Å². The van der Waals surface area contributed by atoms with Gasteiger partial charge in [0.15, 0.2) is 15.3 Å². The van der Waals surface area contributed by atoms with E-state index in [2.05, 4.69) is 0 Å². The quantitative estimate of drug-likeness (QED) is 0.491. The molecule has 1 saturated carbocycles. The normalized spacial score (nSPS) is 19.7. The molecule has 0 spiro atoms. The summed E-state index contributed by atoms with van der Waals surface area (Å²) in [6.45, 7) is 4.88. The van der Waals surface area contributed by atoms with Crippen LogP contribution < -0.4 is 0 Å². The molecule has 0 heterocycles. The fourth-order valence-electron chi connectivity index (χ4n) is 3.83. The molecular weight excluding hydrogens is 411 g/mol. The summed E-state index contributed by atoms with van der Waals surface area (Å²) in [5.41, 5.74) is -0.840. The Bertz CT molecular complexity index is 1030. The number of rotatable bonds is 7. The summed E-state index contributed by atoms with van der Waals surface area (Å²) in [4.78, 5) is 25.9. The third-order valence-corrected chi connectivity index (χ3v) is 7.51. The Hall–Kier alpha value is -2.74. The van der Waals surface area contributed by atoms with E-state index < -0.39 is 44.2 Å². The highest BCUT2D eigenvalue weighted by Gasteiger charge is 2.81. The van der Waals surface area contributed by atoms with Crippen molar-refractivity contribution < 1.29 is 31.9 Å². The van der Waals surface area contributed by atoms with Crippen molar-refractivity contribution in [2.24, 2.45) is 5.41 Å². The number of sulfone groups is 1. The highest BCUT2D eigenvalue weighted by Crippen LogP contribution is 2.65. The molecule has 160 valence electrons. The van der Waals surface area contributed by atoms with Gasteiger partial charge in [-0.15, -0.1) is 0 Å². The topological polar surface area (TPSA) is 86.7 Å². The van der Waals surface area contributed by atoms with Gasteiger partial charge >= 0.3 is 11.9 Å². The Balaban J connectivity index is 2.19. The SMILES string of the molecule is CCOC(=O)C1(C(=O)OCC)[C@H](c2ccc(F)cc2)[C@H]1S(=O)(=O)c1ccc(C)cc1. The molecule has 1 aliphatic carbocycles. The minimum atomic E-state index is -4.12. The van der Waals surface area contributed by atoms with Gasteiger partial charge in [0.25, 0.3) is 0 Å². The van der Waals surface area contributed by atoms with E-state index in [0.717, 1.165) is 17.7 Å². The number of benzene rings is 2. The highest BCUT2D eigenvalue weighted by molar-refractivity contribution is 7.92. The molecule has 0 amide bonds. The van der Waals surface area contributed by atoms with Crippen molar-refractivity contribution in [1.82, 2.24) is 0 Å². The standard InChI is InChI=1S/C22H23FO6S/c1-4-28-20(24)22(21(25)29-5-2)18(15-8-10-16(23)11-9-15)19(22)30(26,27)17-12-6-14(3)7-13-17/h6-13,18-19H,4-5H2,1-3H3/t18-,19-/m1/s1. The Morgan fingerprint density at radius 1 is 0.933 bits per heavy atom. The number of hydrogen-bond acceptors (Lipinski definition) is 6. The van der Waals surface area contributed by atoms with Crippen LogP contribution in [0.4, 0.5) is 4.39 Å². The fraction of sp³-hybridized carbons (Fsp3) is 0.364. The Kier molecular flexibility index (Phi) is 5.99. The maximum absolute atomic E-state index is 13.5. The van der Waals surface area contributed by atoms with Crippen LogP contribution in [0.25, 0.3) is 0 Å². The molecular formula is C22H23FO6S. The maximum Gasteiger partial charge on any atom is 0.325 e. The average Bonchev–Trinajstić information content (AvgIpc) is 3.42. The second kappa shape index (κ2) is 8.18. The van der Waals surface area contributed by atoms with Gasteiger partial charge in [-0.1, -0.05) is 29.8 Å². The van der Waals surface area contributed by atoms with Crippen molar-refractivity contribution in [1.29, 1.82) is 0 Å². The van der Waals surface area contributed by atoms with Gasteiger partial charge in [-0.25, -0.2) is 12.8 Å². The molecule has 2 aromatic carbocycles. The van der Waals surface area contributed by atoms with Crippen LogP contribution in [0.1, 0.15) is 30.9 Å². The number of carbonyl (C=O) groups excluding carboxylic acids is 2. The van der Waals surface area contributed by atoms with Crippen molar-refractivity contribution in [2.75, 3.05) is 13.2 Å². The summed E-state index contributed by atoms with van der Waals surface area (Å²) in [6, 6.07) is 11.2. The van der Waals surface area contributed by atoms with Crippen LogP contribution in [-0.4, -0.2) is 38.8 Å². The lowest BCUT2D eigenvalue weighted by atomic mass is 9.99. The fourth-order valence-corrected chi connectivity index (χ4v) is 6.12. The van der Waals surface area contributed by atoms with E-state index in [1.807, 2.05) is 6.92 Å². The molecule has 1 fully saturated rings. The van der Waals surface area contributed by atoms with Crippen molar-refractivity contribution >= 4 is 21.8 Å². The largest absolute Gasteiger partial charge is 0.465 e. The van der Waals surface area contributed by atoms with Gasteiger partial charge in [-0.3, -0.25) is 9.59 Å². The second-order valence-electron chi connectivity index (χ2n) is 7.12. The van der Waals surface area contributed by atoms with Gasteiger partial charge in [-0.05, 0) is 50.6 Å². The smallest absolute Gasteiger partial charge is 0.325 e. The summed E-state index contributed by atoms with van der Waals surface area (Å²) in [7, 11) is -4.12. The molecule has 0 unspecified atom stereocenters. The van der Waals surface area contributed by atoms with E-state index in [4.69, 9.17) is 9.47 Å². The van der Waals surface area contributed by atoms with E-state index in [1.54, 1.807) is 26.0 Å². The molecule has 2 atom stereocenters. The summed E-state index contributed by atoms with van der Waals surface area (Å²) in [5.74, 6) is -3.49. The molecule has 0 saturated heterocycles. The first-order valence-electron chi connectivity index (χ1n) is 9.61. The third-order valence-electron chi connectivity index (χ3n) is 5.27. The first-order chi connectivity index (χ1) is 14.2. The second-order valence-corrected chi connectivity index (χ2v) is 9.19. The van der Waals surface area contributed by atoms with Crippen LogP contribution >= 0.6 is 0 Å². The number of halogens is 1. The maximum atomic E-state index is 13.5. The predicted octanol–water partition coefficient (Wildman–Crippen LogP) is 3.19. The van der Waals surface area contributed by atoms with Crippen LogP contribution in [0.5, 0.6) is 0 Å². The number of ether oxygens (including phenoxy) is 2. The van der Waals surface area contributed by atoms with Gasteiger partial charge in [0.05, 0.1) is 18.1 Å². The molecule has 2 aromatic rings. The number of hydrogen-bond donors (Lipinski definition) is 0. The number of aryl methyl sites for hydroxylation is 1. The zero-order valence-corrected chi connectivity index (χ0v) is 17.7. The molecule has 0 N–H and O–H groups in total. The van der Waals surface area contributed by atoms with E-state index >= 15 is 0 Å². The predicted molar refractivity (Wildman–Crippen MR) is 107 cm³/mol. The average molecular weight is 434 g/mol.